The van der Waals surface area contributed by atoms with Crippen LogP contribution < -0.4 is 5.32 Å². The van der Waals surface area contributed by atoms with Crippen LogP contribution >= 0.6 is 11.8 Å². The largest absolute Gasteiger partial charge is 0.462 e. The number of aromatic nitrogens is 2. The highest BCUT2D eigenvalue weighted by Gasteiger charge is 2.39. The van der Waals surface area contributed by atoms with Gasteiger partial charge in [0.05, 0.1) is 18.7 Å². The summed E-state index contributed by atoms with van der Waals surface area (Å²) in [6.45, 7) is 5.86. The number of rotatable bonds is 8. The van der Waals surface area contributed by atoms with Gasteiger partial charge in [-0.3, -0.25) is 14.5 Å². The molecule has 2 aromatic carbocycles. The van der Waals surface area contributed by atoms with Crippen molar-refractivity contribution in [3.8, 4) is 0 Å². The van der Waals surface area contributed by atoms with Gasteiger partial charge in [0.15, 0.2) is 5.16 Å². The number of anilines is 1. The van der Waals surface area contributed by atoms with E-state index in [0.29, 0.717) is 16.4 Å². The van der Waals surface area contributed by atoms with Gasteiger partial charge < -0.3 is 10.1 Å². The Bertz CT molecular complexity index is 1290. The van der Waals surface area contributed by atoms with Crippen molar-refractivity contribution in [1.29, 1.82) is 0 Å². The molecule has 2 amide bonds. The van der Waals surface area contributed by atoms with Gasteiger partial charge in [0, 0.05) is 17.1 Å². The Morgan fingerprint density at radius 2 is 1.63 bits per heavy atom. The Balaban J connectivity index is 1.66. The van der Waals surface area contributed by atoms with Crippen molar-refractivity contribution >= 4 is 35.2 Å². The van der Waals surface area contributed by atoms with Crippen molar-refractivity contribution in [2.45, 2.75) is 32.5 Å². The highest BCUT2D eigenvalue weighted by atomic mass is 32.2. The first-order valence-corrected chi connectivity index (χ1v) is 11.9. The summed E-state index contributed by atoms with van der Waals surface area (Å²) >= 11 is 1.06. The van der Waals surface area contributed by atoms with Crippen molar-refractivity contribution < 1.29 is 19.1 Å². The lowest BCUT2D eigenvalue weighted by atomic mass is 10.2. The Hall–Kier alpha value is -3.98. The average Bonchev–Trinajstić information content (AvgIpc) is 3.04. The number of carbonyl (C=O) groups excluding carboxylic acids is 3. The second-order valence-electron chi connectivity index (χ2n) is 7.84. The van der Waals surface area contributed by atoms with E-state index in [2.05, 4.69) is 15.3 Å². The Labute approximate surface area is 207 Å². The van der Waals surface area contributed by atoms with Crippen LogP contribution in [-0.4, -0.2) is 39.3 Å². The van der Waals surface area contributed by atoms with Gasteiger partial charge in [-0.2, -0.15) is 0 Å². The van der Waals surface area contributed by atoms with Gasteiger partial charge in [-0.25, -0.2) is 14.8 Å². The number of imide groups is 1. The number of hydrogen-bond acceptors (Lipinski definition) is 8. The second-order valence-corrected chi connectivity index (χ2v) is 8.82. The number of carbonyl (C=O) groups is 3. The lowest BCUT2D eigenvalue weighted by Crippen LogP contribution is -2.31. The molecule has 0 spiro atoms. The fourth-order valence-corrected chi connectivity index (χ4v) is 4.55. The Kier molecular flexibility index (Phi) is 7.26. The molecule has 1 aliphatic rings. The number of aryl methyl sites for hydroxylation is 2. The minimum absolute atomic E-state index is 0.141. The summed E-state index contributed by atoms with van der Waals surface area (Å²) in [6.07, 6.45) is 0. The number of benzene rings is 2. The number of esters is 1. The third-order valence-corrected chi connectivity index (χ3v) is 6.08. The minimum Gasteiger partial charge on any atom is -0.462 e. The normalized spacial score (nSPS) is 13.4. The fourth-order valence-electron chi connectivity index (χ4n) is 3.55. The van der Waals surface area contributed by atoms with E-state index < -0.39 is 17.8 Å². The molecule has 4 rings (SSSR count). The molecule has 1 aliphatic heterocycles. The molecule has 0 saturated heterocycles. The zero-order valence-electron chi connectivity index (χ0n) is 19.6. The molecular formula is C26H24N4O4S. The first-order valence-electron chi connectivity index (χ1n) is 11.0. The molecule has 2 heterocycles. The molecule has 35 heavy (non-hydrogen) atoms. The number of amides is 2. The van der Waals surface area contributed by atoms with E-state index in [1.807, 2.05) is 50.2 Å². The average molecular weight is 489 g/mol. The summed E-state index contributed by atoms with van der Waals surface area (Å²) in [6, 6.07) is 17.7. The molecule has 8 nitrogen and oxygen atoms in total. The van der Waals surface area contributed by atoms with Gasteiger partial charge in [0.2, 0.25) is 0 Å². The molecule has 0 atom stereocenters. The van der Waals surface area contributed by atoms with E-state index in [1.165, 1.54) is 4.90 Å². The minimum atomic E-state index is -0.444. The molecule has 178 valence electrons. The van der Waals surface area contributed by atoms with E-state index in [0.717, 1.165) is 28.7 Å². The smallest absolute Gasteiger partial charge is 0.338 e. The molecule has 3 aromatic rings. The van der Waals surface area contributed by atoms with Crippen LogP contribution in [0.25, 0.3) is 0 Å². The number of ether oxygens (including phenoxy) is 1. The van der Waals surface area contributed by atoms with Gasteiger partial charge in [-0.15, -0.1) is 0 Å². The van der Waals surface area contributed by atoms with Crippen molar-refractivity contribution in [2.24, 2.45) is 0 Å². The molecule has 0 aliphatic carbocycles. The maximum absolute atomic E-state index is 13.4. The zero-order chi connectivity index (χ0) is 24.9. The lowest BCUT2D eigenvalue weighted by molar-refractivity contribution is -0.137. The van der Waals surface area contributed by atoms with Crippen LogP contribution in [0.3, 0.4) is 0 Å². The van der Waals surface area contributed by atoms with Gasteiger partial charge in [-0.1, -0.05) is 30.3 Å². The Morgan fingerprint density at radius 3 is 2.26 bits per heavy atom. The summed E-state index contributed by atoms with van der Waals surface area (Å²) < 4.78 is 5.01. The monoisotopic (exact) mass is 488 g/mol. The van der Waals surface area contributed by atoms with Gasteiger partial charge >= 0.3 is 5.97 Å². The summed E-state index contributed by atoms with van der Waals surface area (Å²) in [7, 11) is 0. The molecule has 1 aromatic heterocycles. The van der Waals surface area contributed by atoms with E-state index in [4.69, 9.17) is 4.74 Å². The van der Waals surface area contributed by atoms with Gasteiger partial charge in [0.25, 0.3) is 11.8 Å². The molecule has 0 radical (unpaired) electrons. The maximum Gasteiger partial charge on any atom is 0.338 e. The van der Waals surface area contributed by atoms with Crippen LogP contribution in [0.15, 0.2) is 76.4 Å². The van der Waals surface area contributed by atoms with Crippen molar-refractivity contribution in [3.63, 3.8) is 0 Å². The van der Waals surface area contributed by atoms with Crippen LogP contribution in [-0.2, 0) is 20.9 Å². The molecule has 0 unspecified atom stereocenters. The van der Waals surface area contributed by atoms with E-state index >= 15 is 0 Å². The van der Waals surface area contributed by atoms with E-state index in [1.54, 1.807) is 31.2 Å². The van der Waals surface area contributed by atoms with Crippen molar-refractivity contribution in [3.05, 3.63) is 93.8 Å². The summed E-state index contributed by atoms with van der Waals surface area (Å²) in [5, 5.41) is 3.46. The van der Waals surface area contributed by atoms with Gasteiger partial charge in [-0.05, 0) is 68.4 Å². The molecule has 9 heteroatoms. The summed E-state index contributed by atoms with van der Waals surface area (Å²) in [5.41, 5.74) is 3.45. The molecule has 0 bridgehead atoms. The standard InChI is InChI=1S/C26H24N4O4S/c1-4-34-25(33)19-10-12-20(13-11-19)29-21-22(35-26-27-16(2)14-17(3)28-26)24(32)30(23(21)31)15-18-8-6-5-7-9-18/h5-14,29H,4,15H2,1-3H3. The number of nitrogens with one attached hydrogen (secondary N) is 1. The van der Waals surface area contributed by atoms with E-state index in [9.17, 15) is 14.4 Å². The van der Waals surface area contributed by atoms with Crippen molar-refractivity contribution in [1.82, 2.24) is 14.9 Å². The number of hydrogen-bond donors (Lipinski definition) is 1. The van der Waals surface area contributed by atoms with Crippen LogP contribution in [0.5, 0.6) is 0 Å². The number of nitrogens with zero attached hydrogens (tertiary/aromatic N) is 3. The molecule has 0 fully saturated rings. The zero-order valence-corrected chi connectivity index (χ0v) is 20.4. The highest BCUT2D eigenvalue weighted by molar-refractivity contribution is 8.04. The summed E-state index contributed by atoms with van der Waals surface area (Å²) in [4.78, 5) is 48.9. The first kappa shape index (κ1) is 24.2. The fraction of sp³-hybridized carbons (Fsp3) is 0.192. The predicted octanol–water partition coefficient (Wildman–Crippen LogP) is 4.25. The second kappa shape index (κ2) is 10.5. The third-order valence-electron chi connectivity index (χ3n) is 5.13. The maximum atomic E-state index is 13.4. The third kappa shape index (κ3) is 5.58. The quantitative estimate of drug-likeness (QED) is 0.285. The molecule has 1 N–H and O–H groups in total. The SMILES string of the molecule is CCOC(=O)c1ccc(NC2=C(Sc3nc(C)cc(C)n3)C(=O)N(Cc3ccccc3)C2=O)cc1. The summed E-state index contributed by atoms with van der Waals surface area (Å²) in [5.74, 6) is -1.29. The van der Waals surface area contributed by atoms with Crippen molar-refractivity contribution in [2.75, 3.05) is 11.9 Å². The van der Waals surface area contributed by atoms with Gasteiger partial charge in [0.1, 0.15) is 10.6 Å². The molecular weight excluding hydrogens is 464 g/mol. The van der Waals surface area contributed by atoms with Crippen LogP contribution in [0.1, 0.15) is 34.2 Å². The first-order chi connectivity index (χ1) is 16.9. The van der Waals surface area contributed by atoms with Crippen LogP contribution in [0.2, 0.25) is 0 Å². The van der Waals surface area contributed by atoms with E-state index in [-0.39, 0.29) is 23.8 Å². The number of thioether (sulfide) groups is 1. The van der Waals surface area contributed by atoms with Crippen LogP contribution in [0, 0.1) is 13.8 Å². The Morgan fingerprint density at radius 1 is 0.971 bits per heavy atom. The topological polar surface area (TPSA) is 101 Å². The predicted molar refractivity (Wildman–Crippen MR) is 132 cm³/mol. The van der Waals surface area contributed by atoms with Crippen LogP contribution in [0.4, 0.5) is 5.69 Å². The molecule has 0 saturated carbocycles. The lowest BCUT2D eigenvalue weighted by Gasteiger charge is -2.15. The highest BCUT2D eigenvalue weighted by Crippen LogP contribution is 2.35.